The van der Waals surface area contributed by atoms with Gasteiger partial charge in [0.05, 0.1) is 12.5 Å². The summed E-state index contributed by atoms with van der Waals surface area (Å²) in [6.45, 7) is 0. The first-order chi connectivity index (χ1) is 16.4. The number of anilines is 1. The van der Waals surface area contributed by atoms with Gasteiger partial charge in [-0.2, -0.15) is 0 Å². The van der Waals surface area contributed by atoms with Gasteiger partial charge in [0.15, 0.2) is 28.3 Å². The molecule has 0 radical (unpaired) electrons. The summed E-state index contributed by atoms with van der Waals surface area (Å²) in [6.07, 6.45) is 3.03. The van der Waals surface area contributed by atoms with Crippen LogP contribution in [-0.4, -0.2) is 30.5 Å². The summed E-state index contributed by atoms with van der Waals surface area (Å²) in [5.41, 5.74) is 1.13. The van der Waals surface area contributed by atoms with Crippen LogP contribution in [0.2, 0.25) is 5.15 Å². The average molecular weight is 495 g/mol. The lowest BCUT2D eigenvalue weighted by Gasteiger charge is -2.15. The Morgan fingerprint density at radius 1 is 0.912 bits per heavy atom. The van der Waals surface area contributed by atoms with Crippen LogP contribution in [0.1, 0.15) is 5.56 Å². The lowest BCUT2D eigenvalue weighted by atomic mass is 10.2. The first-order valence-electron chi connectivity index (χ1n) is 10.0. The summed E-state index contributed by atoms with van der Waals surface area (Å²) in [7, 11) is -2.50. The summed E-state index contributed by atoms with van der Waals surface area (Å²) in [5.74, 6) is 0.626. The highest BCUT2D eigenvalue weighted by Crippen LogP contribution is 2.39. The zero-order valence-corrected chi connectivity index (χ0v) is 19.5. The van der Waals surface area contributed by atoms with Gasteiger partial charge in [0, 0.05) is 6.20 Å². The number of hydrogen-bond acceptors (Lipinski definition) is 7. The Bertz CT molecular complexity index is 1420. The molecule has 1 N–H and O–H groups in total. The van der Waals surface area contributed by atoms with Crippen molar-refractivity contribution in [1.29, 1.82) is 0 Å². The van der Waals surface area contributed by atoms with E-state index in [2.05, 4.69) is 19.7 Å². The Hall–Kier alpha value is -3.95. The minimum absolute atomic E-state index is 0.0810. The number of hydrogen-bond donors (Lipinski definition) is 1. The van der Waals surface area contributed by atoms with E-state index in [1.54, 1.807) is 60.8 Å². The second kappa shape index (κ2) is 10.3. The van der Waals surface area contributed by atoms with Gasteiger partial charge in [0.2, 0.25) is 5.75 Å². The third-order valence-electron chi connectivity index (χ3n) is 4.48. The predicted molar refractivity (Wildman–Crippen MR) is 131 cm³/mol. The van der Waals surface area contributed by atoms with Gasteiger partial charge in [-0.15, -0.1) is 0 Å². The van der Waals surface area contributed by atoms with E-state index in [0.717, 1.165) is 5.41 Å². The molecule has 0 bridgehead atoms. The maximum absolute atomic E-state index is 12.9. The Kier molecular flexibility index (Phi) is 7.05. The van der Waals surface area contributed by atoms with Crippen molar-refractivity contribution < 1.29 is 17.9 Å². The van der Waals surface area contributed by atoms with Crippen LogP contribution in [0, 0.1) is 0 Å². The number of pyridine rings is 1. The van der Waals surface area contributed by atoms with Crippen LogP contribution in [0.25, 0.3) is 17.6 Å². The number of sulfonamides is 1. The third-order valence-corrected chi connectivity index (χ3v) is 5.71. The van der Waals surface area contributed by atoms with Crippen molar-refractivity contribution in [3.05, 3.63) is 95.1 Å². The molecule has 34 heavy (non-hydrogen) atoms. The van der Waals surface area contributed by atoms with E-state index in [4.69, 9.17) is 21.1 Å². The van der Waals surface area contributed by atoms with Gasteiger partial charge < -0.3 is 9.47 Å². The van der Waals surface area contributed by atoms with E-state index >= 15 is 0 Å². The van der Waals surface area contributed by atoms with Crippen LogP contribution in [0.5, 0.6) is 17.2 Å². The summed E-state index contributed by atoms with van der Waals surface area (Å²) in [4.78, 5) is 12.8. The van der Waals surface area contributed by atoms with Crippen molar-refractivity contribution in [1.82, 2.24) is 15.0 Å². The highest BCUT2D eigenvalue weighted by Gasteiger charge is 2.21. The third kappa shape index (κ3) is 5.69. The highest BCUT2D eigenvalue weighted by molar-refractivity contribution is 7.95. The molecular formula is C24H19ClN4O4S. The number of methoxy groups -OCH3 is 1. The van der Waals surface area contributed by atoms with E-state index in [9.17, 15) is 8.42 Å². The molecule has 2 aromatic carbocycles. The van der Waals surface area contributed by atoms with E-state index in [1.807, 2.05) is 18.2 Å². The normalized spacial score (nSPS) is 11.4. The van der Waals surface area contributed by atoms with Gasteiger partial charge in [0.1, 0.15) is 5.69 Å². The van der Waals surface area contributed by atoms with Crippen molar-refractivity contribution in [3.8, 4) is 28.8 Å². The molecule has 4 aromatic rings. The molecule has 0 aliphatic rings. The smallest absolute Gasteiger partial charge is 0.256 e. The number of halogens is 1. The van der Waals surface area contributed by atoms with Crippen molar-refractivity contribution in [2.24, 2.45) is 0 Å². The van der Waals surface area contributed by atoms with Crippen molar-refractivity contribution in [2.75, 3.05) is 11.8 Å². The van der Waals surface area contributed by atoms with Gasteiger partial charge in [-0.05, 0) is 35.9 Å². The average Bonchev–Trinajstić information content (AvgIpc) is 2.86. The van der Waals surface area contributed by atoms with Gasteiger partial charge in [-0.3, -0.25) is 9.71 Å². The molecule has 172 valence electrons. The summed E-state index contributed by atoms with van der Waals surface area (Å²) in [5, 5.41) is 0.928. The molecule has 2 heterocycles. The van der Waals surface area contributed by atoms with Crippen molar-refractivity contribution >= 4 is 33.5 Å². The second-order valence-electron chi connectivity index (χ2n) is 6.84. The molecule has 10 heteroatoms. The van der Waals surface area contributed by atoms with Gasteiger partial charge in [-0.1, -0.05) is 60.1 Å². The first kappa shape index (κ1) is 23.2. The largest absolute Gasteiger partial charge is 0.493 e. The van der Waals surface area contributed by atoms with Crippen LogP contribution in [0.15, 0.2) is 84.4 Å². The zero-order chi connectivity index (χ0) is 24.0. The van der Waals surface area contributed by atoms with Crippen LogP contribution in [0.3, 0.4) is 0 Å². The van der Waals surface area contributed by atoms with Gasteiger partial charge in [0.25, 0.3) is 10.0 Å². The van der Waals surface area contributed by atoms with E-state index < -0.39 is 10.0 Å². The quantitative estimate of drug-likeness (QED) is 0.327. The maximum atomic E-state index is 12.9. The van der Waals surface area contributed by atoms with Crippen molar-refractivity contribution in [2.45, 2.75) is 0 Å². The predicted octanol–water partition coefficient (Wildman–Crippen LogP) is 5.41. The number of ether oxygens (including phenoxy) is 2. The zero-order valence-electron chi connectivity index (χ0n) is 17.9. The first-order valence-corrected chi connectivity index (χ1v) is 11.9. The molecule has 0 saturated carbocycles. The standard InChI is InChI=1S/C24H19ClN4O4S/c1-32-19-12-5-6-13-20(19)33-21-22(25)27-23(18-11-7-8-15-26-18)28-24(21)29-34(30,31)16-14-17-9-3-2-4-10-17/h2-16H,1H3,(H,27,28,29). The minimum Gasteiger partial charge on any atom is -0.493 e. The van der Waals surface area contributed by atoms with Crippen molar-refractivity contribution in [3.63, 3.8) is 0 Å². The molecule has 8 nitrogen and oxygen atoms in total. The topological polar surface area (TPSA) is 103 Å². The molecule has 2 aromatic heterocycles. The fourth-order valence-corrected chi connectivity index (χ4v) is 3.93. The van der Waals surface area contributed by atoms with Crippen LogP contribution in [-0.2, 0) is 10.0 Å². The Labute approximate surface area is 202 Å². The molecule has 0 aliphatic carbocycles. The van der Waals surface area contributed by atoms with Crippen LogP contribution < -0.4 is 14.2 Å². The fourth-order valence-electron chi connectivity index (χ4n) is 2.91. The number of nitrogens with one attached hydrogen (secondary N) is 1. The Morgan fingerprint density at radius 2 is 1.62 bits per heavy atom. The lowest BCUT2D eigenvalue weighted by Crippen LogP contribution is -2.12. The van der Waals surface area contributed by atoms with E-state index in [-0.39, 0.29) is 22.5 Å². The monoisotopic (exact) mass is 494 g/mol. The Morgan fingerprint density at radius 3 is 2.32 bits per heavy atom. The summed E-state index contributed by atoms with van der Waals surface area (Å²) >= 11 is 6.43. The molecule has 0 saturated heterocycles. The second-order valence-corrected chi connectivity index (χ2v) is 8.77. The van der Waals surface area contributed by atoms with Gasteiger partial charge >= 0.3 is 0 Å². The molecule has 0 aliphatic heterocycles. The van der Waals surface area contributed by atoms with Gasteiger partial charge in [-0.25, -0.2) is 18.4 Å². The minimum atomic E-state index is -3.99. The fraction of sp³-hybridized carbons (Fsp3) is 0.0417. The number of aromatic nitrogens is 3. The van der Waals surface area contributed by atoms with Crippen LogP contribution in [0.4, 0.5) is 5.82 Å². The molecule has 0 amide bonds. The molecule has 0 unspecified atom stereocenters. The molecule has 4 rings (SSSR count). The van der Waals surface area contributed by atoms with Crippen LogP contribution >= 0.6 is 11.6 Å². The molecule has 0 atom stereocenters. The van der Waals surface area contributed by atoms with E-state index in [0.29, 0.717) is 22.8 Å². The molecule has 0 spiro atoms. The van der Waals surface area contributed by atoms with E-state index in [1.165, 1.54) is 13.2 Å². The number of para-hydroxylation sites is 2. The SMILES string of the molecule is COc1ccccc1Oc1c(Cl)nc(-c2ccccn2)nc1NS(=O)(=O)C=Cc1ccccc1. The summed E-state index contributed by atoms with van der Waals surface area (Å²) in [6, 6.07) is 21.0. The number of nitrogens with zero attached hydrogens (tertiary/aromatic N) is 3. The lowest BCUT2D eigenvalue weighted by molar-refractivity contribution is 0.378. The molecular weight excluding hydrogens is 476 g/mol. The number of benzene rings is 2. The highest BCUT2D eigenvalue weighted by atomic mass is 35.5. The number of rotatable bonds is 8. The molecule has 0 fully saturated rings. The Balaban J connectivity index is 1.76. The summed E-state index contributed by atoms with van der Waals surface area (Å²) < 4.78 is 39.4. The maximum Gasteiger partial charge on any atom is 0.256 e.